The molecule has 0 radical (unpaired) electrons. The number of hydrogen-bond donors (Lipinski definition) is 2. The third kappa shape index (κ3) is 3.02. The Morgan fingerprint density at radius 3 is 2.90 bits per heavy atom. The first-order valence-corrected chi connectivity index (χ1v) is 7.90. The summed E-state index contributed by atoms with van der Waals surface area (Å²) in [5, 5.41) is 10.6. The van der Waals surface area contributed by atoms with Gasteiger partial charge in [0.05, 0.1) is 17.8 Å². The van der Waals surface area contributed by atoms with E-state index >= 15 is 0 Å². The second-order valence-electron chi connectivity index (χ2n) is 6.35. The van der Waals surface area contributed by atoms with Crippen molar-refractivity contribution in [3.63, 3.8) is 0 Å². The highest BCUT2D eigenvalue weighted by Gasteiger charge is 2.31. The van der Waals surface area contributed by atoms with Gasteiger partial charge in [0, 0.05) is 30.7 Å². The molecule has 1 aromatic rings. The van der Waals surface area contributed by atoms with E-state index in [9.17, 15) is 4.79 Å². The molecule has 0 spiro atoms. The van der Waals surface area contributed by atoms with Crippen molar-refractivity contribution in [1.29, 1.82) is 0 Å². The number of likely N-dealkylation sites (tertiary alicyclic amines) is 1. The molecule has 1 fully saturated rings. The fraction of sp³-hybridized carbons (Fsp3) is 0.625. The van der Waals surface area contributed by atoms with Gasteiger partial charge in [-0.1, -0.05) is 19.9 Å². The molecule has 1 amide bonds. The Morgan fingerprint density at radius 2 is 2.19 bits per heavy atom. The summed E-state index contributed by atoms with van der Waals surface area (Å²) in [6.45, 7) is 6.06. The maximum atomic E-state index is 12.8. The van der Waals surface area contributed by atoms with Crippen LogP contribution >= 0.6 is 0 Å². The number of aromatic nitrogens is 2. The summed E-state index contributed by atoms with van der Waals surface area (Å²) in [5.41, 5.74) is 2.03. The number of allylic oxidation sites excluding steroid dienone is 1. The minimum absolute atomic E-state index is 0.0571. The number of fused-ring (bicyclic) bond motifs is 1. The van der Waals surface area contributed by atoms with Gasteiger partial charge in [0.1, 0.15) is 0 Å². The zero-order valence-electron chi connectivity index (χ0n) is 12.8. The number of H-pyrrole nitrogens is 1. The topological polar surface area (TPSA) is 61.0 Å². The van der Waals surface area contributed by atoms with Crippen LogP contribution in [0.3, 0.4) is 0 Å². The molecule has 2 N–H and O–H groups in total. The van der Waals surface area contributed by atoms with E-state index in [1.807, 2.05) is 11.0 Å². The van der Waals surface area contributed by atoms with Crippen molar-refractivity contribution in [3.05, 3.63) is 23.5 Å². The minimum atomic E-state index is -0.0571. The van der Waals surface area contributed by atoms with Crippen LogP contribution in [0.5, 0.6) is 0 Å². The summed E-state index contributed by atoms with van der Waals surface area (Å²) < 4.78 is 0. The molecule has 0 saturated carbocycles. The van der Waals surface area contributed by atoms with Crippen LogP contribution in [0.1, 0.15) is 50.3 Å². The van der Waals surface area contributed by atoms with Crippen molar-refractivity contribution >= 4 is 12.0 Å². The lowest BCUT2D eigenvalue weighted by atomic mass is 9.89. The van der Waals surface area contributed by atoms with Crippen LogP contribution < -0.4 is 5.32 Å². The van der Waals surface area contributed by atoms with Gasteiger partial charge < -0.3 is 10.2 Å². The number of hydrogen-bond acceptors (Lipinski definition) is 3. The van der Waals surface area contributed by atoms with E-state index in [1.54, 1.807) is 6.20 Å². The molecular formula is C16H24N4O. The normalized spacial score (nSPS) is 22.6. The van der Waals surface area contributed by atoms with Crippen LogP contribution in [-0.2, 0) is 4.79 Å². The van der Waals surface area contributed by atoms with Crippen LogP contribution in [0.2, 0.25) is 0 Å². The number of aromatic amines is 1. The largest absolute Gasteiger partial charge is 0.342 e. The number of nitrogens with one attached hydrogen (secondary N) is 2. The fourth-order valence-electron chi connectivity index (χ4n) is 3.36. The summed E-state index contributed by atoms with van der Waals surface area (Å²) >= 11 is 0. The molecule has 1 aliphatic heterocycles. The van der Waals surface area contributed by atoms with Crippen molar-refractivity contribution < 1.29 is 4.79 Å². The number of carbonyl (C=O) groups excluding carboxylic acids is 1. The van der Waals surface area contributed by atoms with Crippen molar-refractivity contribution in [2.75, 3.05) is 13.1 Å². The smallest absolute Gasteiger partial charge is 0.230 e. The third-order valence-electron chi connectivity index (χ3n) is 4.41. The number of carbonyl (C=O) groups is 1. The highest BCUT2D eigenvalue weighted by molar-refractivity contribution is 5.86. The minimum Gasteiger partial charge on any atom is -0.342 e. The first kappa shape index (κ1) is 14.3. The van der Waals surface area contributed by atoms with Gasteiger partial charge >= 0.3 is 0 Å². The van der Waals surface area contributed by atoms with Crippen LogP contribution in [-0.4, -0.2) is 46.2 Å². The molecule has 1 saturated heterocycles. The Hall–Kier alpha value is -1.62. The first-order chi connectivity index (χ1) is 10.1. The van der Waals surface area contributed by atoms with Gasteiger partial charge in [-0.3, -0.25) is 9.89 Å². The van der Waals surface area contributed by atoms with Gasteiger partial charge in [0.15, 0.2) is 0 Å². The molecule has 2 heterocycles. The van der Waals surface area contributed by atoms with Gasteiger partial charge in [-0.15, -0.1) is 0 Å². The molecule has 1 aromatic heterocycles. The van der Waals surface area contributed by atoms with Crippen LogP contribution in [0, 0.1) is 0 Å². The third-order valence-corrected chi connectivity index (χ3v) is 4.41. The van der Waals surface area contributed by atoms with E-state index < -0.39 is 0 Å². The number of rotatable bonds is 3. The van der Waals surface area contributed by atoms with Crippen molar-refractivity contribution in [3.8, 4) is 0 Å². The molecule has 3 rings (SSSR count). The number of nitrogens with zero attached hydrogens (tertiary/aromatic N) is 2. The predicted molar refractivity (Wildman–Crippen MR) is 82.9 cm³/mol. The highest BCUT2D eigenvalue weighted by Crippen LogP contribution is 2.30. The van der Waals surface area contributed by atoms with Gasteiger partial charge in [-0.05, 0) is 25.3 Å². The lowest BCUT2D eigenvalue weighted by Gasteiger charge is -2.35. The van der Waals surface area contributed by atoms with E-state index in [-0.39, 0.29) is 11.8 Å². The molecule has 114 valence electrons. The van der Waals surface area contributed by atoms with E-state index in [2.05, 4.69) is 35.4 Å². The second kappa shape index (κ2) is 6.02. The molecule has 5 nitrogen and oxygen atoms in total. The fourth-order valence-corrected chi connectivity index (χ4v) is 3.36. The van der Waals surface area contributed by atoms with Crippen LogP contribution in [0.4, 0.5) is 0 Å². The molecule has 21 heavy (non-hydrogen) atoms. The summed E-state index contributed by atoms with van der Waals surface area (Å²) in [6, 6.07) is 1.05. The quantitative estimate of drug-likeness (QED) is 0.893. The molecule has 2 aliphatic rings. The Balaban J connectivity index is 1.62. The van der Waals surface area contributed by atoms with Gasteiger partial charge in [0.2, 0.25) is 5.91 Å². The van der Waals surface area contributed by atoms with Gasteiger partial charge in [-0.25, -0.2) is 0 Å². The van der Waals surface area contributed by atoms with E-state index in [0.29, 0.717) is 12.1 Å². The zero-order chi connectivity index (χ0) is 14.8. The molecule has 5 heteroatoms. The summed E-state index contributed by atoms with van der Waals surface area (Å²) in [4.78, 5) is 14.8. The summed E-state index contributed by atoms with van der Waals surface area (Å²) in [6.07, 6.45) is 8.76. The zero-order valence-corrected chi connectivity index (χ0v) is 12.8. The lowest BCUT2D eigenvalue weighted by Crippen LogP contribution is -2.47. The average molecular weight is 288 g/mol. The maximum absolute atomic E-state index is 12.8. The Morgan fingerprint density at radius 1 is 1.43 bits per heavy atom. The van der Waals surface area contributed by atoms with Crippen molar-refractivity contribution in [1.82, 2.24) is 20.4 Å². The van der Waals surface area contributed by atoms with E-state index in [1.165, 1.54) is 0 Å². The van der Waals surface area contributed by atoms with Crippen molar-refractivity contribution in [2.45, 2.75) is 51.1 Å². The van der Waals surface area contributed by atoms with Crippen molar-refractivity contribution in [2.24, 2.45) is 0 Å². The highest BCUT2D eigenvalue weighted by atomic mass is 16.2. The van der Waals surface area contributed by atoms with E-state index in [4.69, 9.17) is 0 Å². The SMILES string of the molecule is CC(C)NC1CCN(C(=O)C2CC=Cc3[nH]ncc32)CC1. The lowest BCUT2D eigenvalue weighted by molar-refractivity contribution is -0.134. The van der Waals surface area contributed by atoms with Gasteiger partial charge in [0.25, 0.3) is 0 Å². The molecule has 1 aliphatic carbocycles. The number of piperidine rings is 1. The molecule has 1 atom stereocenters. The summed E-state index contributed by atoms with van der Waals surface area (Å²) in [5.74, 6) is 0.198. The monoisotopic (exact) mass is 288 g/mol. The first-order valence-electron chi connectivity index (χ1n) is 7.90. The second-order valence-corrected chi connectivity index (χ2v) is 6.35. The number of amides is 1. The molecular weight excluding hydrogens is 264 g/mol. The van der Waals surface area contributed by atoms with Gasteiger partial charge in [-0.2, -0.15) is 5.10 Å². The molecule has 0 bridgehead atoms. The maximum Gasteiger partial charge on any atom is 0.230 e. The average Bonchev–Trinajstić information content (AvgIpc) is 2.95. The van der Waals surface area contributed by atoms with Crippen LogP contribution in [0.25, 0.3) is 6.08 Å². The van der Waals surface area contributed by atoms with E-state index in [0.717, 1.165) is 43.6 Å². The standard InChI is InChI=1S/C16H24N4O/c1-11(2)18-12-6-8-20(9-7-12)16(21)13-4-3-5-15-14(13)10-17-19-15/h3,5,10-13,18H,4,6-9H2,1-2H3,(H,17,19). The Bertz CT molecular complexity index is 526. The Labute approximate surface area is 125 Å². The Kier molecular flexibility index (Phi) is 4.10. The molecule has 0 aromatic carbocycles. The predicted octanol–water partition coefficient (Wildman–Crippen LogP) is 1.90. The van der Waals surface area contributed by atoms with Crippen LogP contribution in [0.15, 0.2) is 12.3 Å². The summed E-state index contributed by atoms with van der Waals surface area (Å²) in [7, 11) is 0. The molecule has 1 unspecified atom stereocenters.